The number of ketones is 1. The SMILES string of the molecule is O=C(c1ccccc1)c1ccc(N2CC[C@H](O)C2)c([N+](=O)[O-])c1. The second kappa shape index (κ2) is 6.18. The van der Waals surface area contributed by atoms with Crippen molar-refractivity contribution < 1.29 is 14.8 Å². The third kappa shape index (κ3) is 3.07. The van der Waals surface area contributed by atoms with Gasteiger partial charge in [-0.2, -0.15) is 0 Å². The number of aliphatic hydroxyl groups excluding tert-OH is 1. The van der Waals surface area contributed by atoms with Gasteiger partial charge in [0.25, 0.3) is 5.69 Å². The molecule has 0 bridgehead atoms. The maximum Gasteiger partial charge on any atom is 0.293 e. The summed E-state index contributed by atoms with van der Waals surface area (Å²) in [6.07, 6.45) is 0.113. The molecule has 1 aliphatic rings. The van der Waals surface area contributed by atoms with Crippen LogP contribution in [-0.2, 0) is 0 Å². The summed E-state index contributed by atoms with van der Waals surface area (Å²) >= 11 is 0. The van der Waals surface area contributed by atoms with Crippen molar-refractivity contribution in [3.63, 3.8) is 0 Å². The Labute approximate surface area is 133 Å². The van der Waals surface area contributed by atoms with E-state index in [9.17, 15) is 20.0 Å². The maximum atomic E-state index is 12.4. The molecule has 1 saturated heterocycles. The highest BCUT2D eigenvalue weighted by atomic mass is 16.6. The first-order valence-electron chi connectivity index (χ1n) is 7.37. The number of anilines is 1. The molecule has 1 fully saturated rings. The van der Waals surface area contributed by atoms with E-state index in [2.05, 4.69) is 0 Å². The van der Waals surface area contributed by atoms with Crippen molar-refractivity contribution in [1.82, 2.24) is 0 Å². The predicted octanol–water partition coefficient (Wildman–Crippen LogP) is 2.40. The molecule has 118 valence electrons. The zero-order valence-corrected chi connectivity index (χ0v) is 12.4. The quantitative estimate of drug-likeness (QED) is 0.532. The fourth-order valence-electron chi connectivity index (χ4n) is 2.80. The summed E-state index contributed by atoms with van der Waals surface area (Å²) in [5.41, 5.74) is 1.11. The van der Waals surface area contributed by atoms with Crippen molar-refractivity contribution in [1.29, 1.82) is 0 Å². The maximum absolute atomic E-state index is 12.4. The van der Waals surface area contributed by atoms with Crippen LogP contribution >= 0.6 is 0 Å². The van der Waals surface area contributed by atoms with Gasteiger partial charge in [0, 0.05) is 30.3 Å². The van der Waals surface area contributed by atoms with Crippen LogP contribution in [0.5, 0.6) is 0 Å². The summed E-state index contributed by atoms with van der Waals surface area (Å²) in [5, 5.41) is 21.0. The molecule has 0 radical (unpaired) electrons. The molecule has 1 N–H and O–H groups in total. The molecule has 23 heavy (non-hydrogen) atoms. The van der Waals surface area contributed by atoms with Gasteiger partial charge in [0.15, 0.2) is 5.78 Å². The van der Waals surface area contributed by atoms with E-state index in [-0.39, 0.29) is 17.0 Å². The highest BCUT2D eigenvalue weighted by Gasteiger charge is 2.27. The van der Waals surface area contributed by atoms with Crippen molar-refractivity contribution in [2.45, 2.75) is 12.5 Å². The van der Waals surface area contributed by atoms with E-state index in [1.165, 1.54) is 6.07 Å². The lowest BCUT2D eigenvalue weighted by Crippen LogP contribution is -2.22. The molecule has 0 aromatic heterocycles. The third-order valence-electron chi connectivity index (χ3n) is 3.97. The number of rotatable bonds is 4. The Morgan fingerprint density at radius 1 is 1.17 bits per heavy atom. The summed E-state index contributed by atoms with van der Waals surface area (Å²) in [6, 6.07) is 13.2. The highest BCUT2D eigenvalue weighted by molar-refractivity contribution is 6.09. The lowest BCUT2D eigenvalue weighted by molar-refractivity contribution is -0.384. The van der Waals surface area contributed by atoms with E-state index in [1.807, 2.05) is 0 Å². The van der Waals surface area contributed by atoms with Crippen LogP contribution in [0.25, 0.3) is 0 Å². The fourth-order valence-corrected chi connectivity index (χ4v) is 2.80. The summed E-state index contributed by atoms with van der Waals surface area (Å²) in [6.45, 7) is 0.931. The van der Waals surface area contributed by atoms with Gasteiger partial charge < -0.3 is 10.0 Å². The molecule has 1 atom stereocenters. The van der Waals surface area contributed by atoms with Crippen LogP contribution in [0, 0.1) is 10.1 Å². The second-order valence-corrected chi connectivity index (χ2v) is 5.54. The number of nitrogens with zero attached hydrogens (tertiary/aromatic N) is 2. The lowest BCUT2D eigenvalue weighted by atomic mass is 10.0. The van der Waals surface area contributed by atoms with Crippen LogP contribution in [0.3, 0.4) is 0 Å². The number of carbonyl (C=O) groups excluding carboxylic acids is 1. The summed E-state index contributed by atoms with van der Waals surface area (Å²) in [5.74, 6) is -0.248. The smallest absolute Gasteiger partial charge is 0.293 e. The van der Waals surface area contributed by atoms with E-state index < -0.39 is 11.0 Å². The monoisotopic (exact) mass is 312 g/mol. The fraction of sp³-hybridized carbons (Fsp3) is 0.235. The molecule has 6 heteroatoms. The van der Waals surface area contributed by atoms with Gasteiger partial charge in [-0.3, -0.25) is 14.9 Å². The molecule has 2 aromatic rings. The largest absolute Gasteiger partial charge is 0.391 e. The van der Waals surface area contributed by atoms with Gasteiger partial charge in [0.2, 0.25) is 0 Å². The van der Waals surface area contributed by atoms with E-state index in [0.717, 1.165) is 0 Å². The van der Waals surface area contributed by atoms with Crippen LogP contribution in [0.1, 0.15) is 22.3 Å². The van der Waals surface area contributed by atoms with Crippen LogP contribution in [0.4, 0.5) is 11.4 Å². The zero-order valence-electron chi connectivity index (χ0n) is 12.4. The molecule has 0 aliphatic carbocycles. The Kier molecular flexibility index (Phi) is 4.08. The average Bonchev–Trinajstić information content (AvgIpc) is 3.00. The molecule has 3 rings (SSSR count). The molecule has 1 aliphatic heterocycles. The zero-order chi connectivity index (χ0) is 16.4. The lowest BCUT2D eigenvalue weighted by Gasteiger charge is -2.18. The van der Waals surface area contributed by atoms with E-state index in [0.29, 0.717) is 30.8 Å². The Morgan fingerprint density at radius 2 is 1.91 bits per heavy atom. The average molecular weight is 312 g/mol. The highest BCUT2D eigenvalue weighted by Crippen LogP contribution is 2.32. The first kappa shape index (κ1) is 15.2. The van der Waals surface area contributed by atoms with E-state index >= 15 is 0 Å². The predicted molar refractivity (Wildman–Crippen MR) is 85.8 cm³/mol. The van der Waals surface area contributed by atoms with Gasteiger partial charge in [-0.05, 0) is 18.6 Å². The molecular formula is C17H16N2O4. The Hall–Kier alpha value is -2.73. The number of carbonyl (C=O) groups is 1. The Balaban J connectivity index is 1.97. The Morgan fingerprint density at radius 3 is 2.52 bits per heavy atom. The van der Waals surface area contributed by atoms with Gasteiger partial charge >= 0.3 is 0 Å². The molecule has 1 heterocycles. The first-order chi connectivity index (χ1) is 11.1. The number of benzene rings is 2. The van der Waals surface area contributed by atoms with Crippen LogP contribution in [0.2, 0.25) is 0 Å². The van der Waals surface area contributed by atoms with Crippen LogP contribution < -0.4 is 4.90 Å². The minimum absolute atomic E-state index is 0.110. The Bertz CT molecular complexity index is 746. The standard InChI is InChI=1S/C17H16N2O4/c20-14-8-9-18(11-14)15-7-6-13(10-16(15)19(22)23)17(21)12-4-2-1-3-5-12/h1-7,10,14,20H,8-9,11H2/t14-/m0/s1. The van der Waals surface area contributed by atoms with Crippen LogP contribution in [-0.4, -0.2) is 35.0 Å². The van der Waals surface area contributed by atoms with Crippen molar-refractivity contribution in [2.75, 3.05) is 18.0 Å². The topological polar surface area (TPSA) is 83.7 Å². The number of β-amino-alcohol motifs (C(OH)–C–C–N with tert-alkyl or cyclic N) is 1. The van der Waals surface area contributed by atoms with Gasteiger partial charge in [-0.25, -0.2) is 0 Å². The van der Waals surface area contributed by atoms with Crippen molar-refractivity contribution in [3.05, 3.63) is 69.8 Å². The summed E-state index contributed by atoms with van der Waals surface area (Å²) in [4.78, 5) is 25.1. The molecule has 0 amide bonds. The number of aliphatic hydroxyl groups is 1. The molecule has 0 saturated carbocycles. The first-order valence-corrected chi connectivity index (χ1v) is 7.37. The van der Waals surface area contributed by atoms with Crippen molar-refractivity contribution in [2.24, 2.45) is 0 Å². The normalized spacial score (nSPS) is 17.3. The summed E-state index contributed by atoms with van der Waals surface area (Å²) < 4.78 is 0. The second-order valence-electron chi connectivity index (χ2n) is 5.54. The minimum atomic E-state index is -0.484. The third-order valence-corrected chi connectivity index (χ3v) is 3.97. The number of hydrogen-bond donors (Lipinski definition) is 1. The van der Waals surface area contributed by atoms with Crippen molar-refractivity contribution in [3.8, 4) is 0 Å². The molecule has 0 spiro atoms. The van der Waals surface area contributed by atoms with E-state index in [4.69, 9.17) is 0 Å². The molecule has 0 unspecified atom stereocenters. The minimum Gasteiger partial charge on any atom is -0.391 e. The number of nitro groups is 1. The van der Waals surface area contributed by atoms with Crippen LogP contribution in [0.15, 0.2) is 48.5 Å². The summed E-state index contributed by atoms with van der Waals surface area (Å²) in [7, 11) is 0. The molecular weight excluding hydrogens is 296 g/mol. The number of hydrogen-bond acceptors (Lipinski definition) is 5. The van der Waals surface area contributed by atoms with E-state index in [1.54, 1.807) is 47.4 Å². The molecule has 2 aromatic carbocycles. The number of nitro benzene ring substituents is 1. The van der Waals surface area contributed by atoms with Gasteiger partial charge in [0.1, 0.15) is 5.69 Å². The van der Waals surface area contributed by atoms with Gasteiger partial charge in [0.05, 0.1) is 11.0 Å². The van der Waals surface area contributed by atoms with Gasteiger partial charge in [-0.1, -0.05) is 30.3 Å². The molecule has 6 nitrogen and oxygen atoms in total. The van der Waals surface area contributed by atoms with Gasteiger partial charge in [-0.15, -0.1) is 0 Å². The van der Waals surface area contributed by atoms with Crippen molar-refractivity contribution >= 4 is 17.2 Å².